The maximum absolute atomic E-state index is 11.1. The summed E-state index contributed by atoms with van der Waals surface area (Å²) in [7, 11) is 0. The summed E-state index contributed by atoms with van der Waals surface area (Å²) < 4.78 is 0. The molecule has 0 bridgehead atoms. The van der Waals surface area contributed by atoms with Crippen LogP contribution in [0.5, 0.6) is 0 Å². The van der Waals surface area contributed by atoms with Crippen LogP contribution in [0.15, 0.2) is 5.18 Å². The van der Waals surface area contributed by atoms with E-state index in [1.807, 2.05) is 13.8 Å². The van der Waals surface area contributed by atoms with Gasteiger partial charge in [-0.1, -0.05) is 19.0 Å². The molecule has 4 heteroatoms. The maximum Gasteiger partial charge on any atom is 0.207 e. The highest BCUT2D eigenvalue weighted by Crippen LogP contribution is 2.06. The predicted molar refractivity (Wildman–Crippen MR) is 44.7 cm³/mol. The SMILES string of the molecule is CC(=O)C(N=O)C(=O)CC(C)C. The average molecular weight is 171 g/mol. The number of rotatable bonds is 5. The van der Waals surface area contributed by atoms with E-state index < -0.39 is 11.8 Å². The molecule has 0 amide bonds. The molecule has 0 heterocycles. The van der Waals surface area contributed by atoms with Crippen molar-refractivity contribution >= 4 is 11.6 Å². The van der Waals surface area contributed by atoms with E-state index in [1.165, 1.54) is 6.92 Å². The second kappa shape index (κ2) is 4.74. The first-order valence-electron chi connectivity index (χ1n) is 3.84. The zero-order valence-electron chi connectivity index (χ0n) is 7.53. The third-order valence-corrected chi connectivity index (χ3v) is 1.40. The van der Waals surface area contributed by atoms with Crippen molar-refractivity contribution in [2.24, 2.45) is 11.1 Å². The molecule has 1 unspecified atom stereocenters. The van der Waals surface area contributed by atoms with E-state index in [1.54, 1.807) is 0 Å². The van der Waals surface area contributed by atoms with E-state index in [9.17, 15) is 14.5 Å². The topological polar surface area (TPSA) is 63.6 Å². The number of carbonyl (C=O) groups excluding carboxylic acids is 2. The molecule has 0 N–H and O–H groups in total. The van der Waals surface area contributed by atoms with Crippen LogP contribution in [-0.2, 0) is 9.59 Å². The molecular weight excluding hydrogens is 158 g/mol. The average Bonchev–Trinajstić information content (AvgIpc) is 1.85. The molecule has 0 saturated carbocycles. The van der Waals surface area contributed by atoms with Crippen molar-refractivity contribution in [1.29, 1.82) is 0 Å². The summed E-state index contributed by atoms with van der Waals surface area (Å²) in [6, 6.07) is -1.28. The Morgan fingerprint density at radius 1 is 1.33 bits per heavy atom. The molecule has 0 radical (unpaired) electrons. The lowest BCUT2D eigenvalue weighted by molar-refractivity contribution is -0.128. The van der Waals surface area contributed by atoms with Gasteiger partial charge in [-0.25, -0.2) is 0 Å². The first-order chi connectivity index (χ1) is 5.49. The maximum atomic E-state index is 11.1. The molecule has 0 aromatic carbocycles. The van der Waals surface area contributed by atoms with Crippen LogP contribution in [-0.4, -0.2) is 17.6 Å². The minimum atomic E-state index is -1.28. The molecule has 0 aliphatic heterocycles. The Balaban J connectivity index is 4.23. The van der Waals surface area contributed by atoms with Gasteiger partial charge in [-0.05, 0) is 12.8 Å². The Bertz CT molecular complexity index is 198. The molecule has 0 aliphatic rings. The summed E-state index contributed by atoms with van der Waals surface area (Å²) in [6.07, 6.45) is 0.232. The van der Waals surface area contributed by atoms with E-state index >= 15 is 0 Å². The second-order valence-electron chi connectivity index (χ2n) is 3.18. The van der Waals surface area contributed by atoms with Gasteiger partial charge in [0.05, 0.1) is 0 Å². The highest BCUT2D eigenvalue weighted by molar-refractivity contribution is 6.05. The van der Waals surface area contributed by atoms with Gasteiger partial charge in [-0.2, -0.15) is 0 Å². The third-order valence-electron chi connectivity index (χ3n) is 1.40. The summed E-state index contributed by atoms with van der Waals surface area (Å²) in [5, 5.41) is 2.49. The van der Waals surface area contributed by atoms with Crippen LogP contribution in [0.3, 0.4) is 0 Å². The summed E-state index contributed by atoms with van der Waals surface area (Å²) >= 11 is 0. The lowest BCUT2D eigenvalue weighted by atomic mass is 10.0. The number of nitrogens with zero attached hydrogens (tertiary/aromatic N) is 1. The smallest absolute Gasteiger partial charge is 0.207 e. The summed E-state index contributed by atoms with van der Waals surface area (Å²) in [6.45, 7) is 4.89. The molecule has 0 rings (SSSR count). The molecule has 0 aliphatic carbocycles. The van der Waals surface area contributed by atoms with E-state index in [0.29, 0.717) is 0 Å². The molecule has 68 valence electrons. The van der Waals surface area contributed by atoms with Gasteiger partial charge in [-0.15, -0.1) is 4.91 Å². The summed E-state index contributed by atoms with van der Waals surface area (Å²) in [4.78, 5) is 31.9. The fraction of sp³-hybridized carbons (Fsp3) is 0.750. The lowest BCUT2D eigenvalue weighted by Gasteiger charge is -2.05. The van der Waals surface area contributed by atoms with Crippen LogP contribution in [0, 0.1) is 10.8 Å². The van der Waals surface area contributed by atoms with Gasteiger partial charge in [0, 0.05) is 6.42 Å². The van der Waals surface area contributed by atoms with Gasteiger partial charge < -0.3 is 0 Å². The Morgan fingerprint density at radius 2 is 1.83 bits per heavy atom. The predicted octanol–water partition coefficient (Wildman–Crippen LogP) is 1.33. The molecule has 4 nitrogen and oxygen atoms in total. The van der Waals surface area contributed by atoms with Gasteiger partial charge in [0.1, 0.15) is 0 Å². The van der Waals surface area contributed by atoms with Crippen molar-refractivity contribution in [3.63, 3.8) is 0 Å². The number of Topliss-reactive ketones (excluding diaryl/α,β-unsaturated/α-hetero) is 2. The quantitative estimate of drug-likeness (QED) is 0.463. The van der Waals surface area contributed by atoms with E-state index in [2.05, 4.69) is 5.18 Å². The molecule has 0 aromatic heterocycles. The van der Waals surface area contributed by atoms with Crippen molar-refractivity contribution < 1.29 is 9.59 Å². The molecule has 1 atom stereocenters. The molecular formula is C8H13NO3. The Kier molecular flexibility index (Phi) is 4.33. The first-order valence-corrected chi connectivity index (χ1v) is 3.84. The van der Waals surface area contributed by atoms with Crippen molar-refractivity contribution in [2.45, 2.75) is 33.2 Å². The van der Waals surface area contributed by atoms with Gasteiger partial charge in [0.25, 0.3) is 0 Å². The second-order valence-corrected chi connectivity index (χ2v) is 3.18. The Hall–Kier alpha value is -1.06. The van der Waals surface area contributed by atoms with Crippen LogP contribution >= 0.6 is 0 Å². The third kappa shape index (κ3) is 3.37. The van der Waals surface area contributed by atoms with Crippen LogP contribution < -0.4 is 0 Å². The molecule has 0 saturated heterocycles. The van der Waals surface area contributed by atoms with Crippen LogP contribution in [0.4, 0.5) is 0 Å². The van der Waals surface area contributed by atoms with Crippen molar-refractivity contribution in [1.82, 2.24) is 0 Å². The highest BCUT2D eigenvalue weighted by Gasteiger charge is 2.24. The van der Waals surface area contributed by atoms with Gasteiger partial charge in [0.2, 0.25) is 6.04 Å². The van der Waals surface area contributed by atoms with Crippen molar-refractivity contribution in [2.75, 3.05) is 0 Å². The van der Waals surface area contributed by atoms with Crippen molar-refractivity contribution in [3.05, 3.63) is 4.91 Å². The van der Waals surface area contributed by atoms with Crippen LogP contribution in [0.25, 0.3) is 0 Å². The fourth-order valence-electron chi connectivity index (χ4n) is 0.874. The number of carbonyl (C=O) groups is 2. The highest BCUT2D eigenvalue weighted by atomic mass is 16.3. The minimum Gasteiger partial charge on any atom is -0.297 e. The zero-order valence-corrected chi connectivity index (χ0v) is 7.53. The van der Waals surface area contributed by atoms with E-state index in [-0.39, 0.29) is 18.1 Å². The number of hydrogen-bond acceptors (Lipinski definition) is 4. The standard InChI is InChI=1S/C8H13NO3/c1-5(2)4-7(11)8(9-12)6(3)10/h5,8H,4H2,1-3H3. The Morgan fingerprint density at radius 3 is 2.08 bits per heavy atom. The van der Waals surface area contributed by atoms with Gasteiger partial charge in [-0.3, -0.25) is 9.59 Å². The molecule has 0 spiro atoms. The normalized spacial score (nSPS) is 12.7. The van der Waals surface area contributed by atoms with Gasteiger partial charge >= 0.3 is 0 Å². The number of hydrogen-bond donors (Lipinski definition) is 0. The fourth-order valence-corrected chi connectivity index (χ4v) is 0.874. The molecule has 12 heavy (non-hydrogen) atoms. The summed E-state index contributed by atoms with van der Waals surface area (Å²) in [5.74, 6) is -0.704. The first kappa shape index (κ1) is 10.9. The van der Waals surface area contributed by atoms with Crippen LogP contribution in [0.1, 0.15) is 27.2 Å². The summed E-state index contributed by atoms with van der Waals surface area (Å²) in [5.41, 5.74) is 0. The van der Waals surface area contributed by atoms with Crippen molar-refractivity contribution in [3.8, 4) is 0 Å². The molecule has 0 fully saturated rings. The lowest BCUT2D eigenvalue weighted by Crippen LogP contribution is -2.26. The largest absolute Gasteiger partial charge is 0.297 e. The number of ketones is 2. The zero-order chi connectivity index (χ0) is 9.72. The van der Waals surface area contributed by atoms with E-state index in [4.69, 9.17) is 0 Å². The van der Waals surface area contributed by atoms with Gasteiger partial charge in [0.15, 0.2) is 11.6 Å². The Labute approximate surface area is 71.3 Å². The van der Waals surface area contributed by atoms with Crippen LogP contribution in [0.2, 0.25) is 0 Å². The molecule has 0 aromatic rings. The minimum absolute atomic E-state index is 0.154. The van der Waals surface area contributed by atoms with E-state index in [0.717, 1.165) is 0 Å². The number of nitroso groups, excluding NO2 is 1. The monoisotopic (exact) mass is 171 g/mol.